The molecule has 0 bridgehead atoms. The summed E-state index contributed by atoms with van der Waals surface area (Å²) >= 11 is 0. The second-order valence-electron chi connectivity index (χ2n) is 7.10. The van der Waals surface area contributed by atoms with Crippen LogP contribution in [0.5, 0.6) is 0 Å². The number of hydrogen-bond acceptors (Lipinski definition) is 4. The molecule has 0 aliphatic rings. The van der Waals surface area contributed by atoms with Gasteiger partial charge in [0, 0.05) is 12.4 Å². The van der Waals surface area contributed by atoms with Crippen LogP contribution in [0.3, 0.4) is 0 Å². The minimum Gasteiger partial charge on any atom is -0.452 e. The lowest BCUT2D eigenvalue weighted by Crippen LogP contribution is -2.33. The first-order valence-corrected chi connectivity index (χ1v) is 9.80. The molecule has 0 spiro atoms. The quantitative estimate of drug-likeness (QED) is 0.582. The molecule has 0 saturated heterocycles. The van der Waals surface area contributed by atoms with Gasteiger partial charge >= 0.3 is 5.97 Å². The molecule has 0 radical (unpaired) electrons. The maximum atomic E-state index is 12.8. The molecule has 0 aliphatic heterocycles. The third kappa shape index (κ3) is 4.29. The molecule has 0 unspecified atom stereocenters. The van der Waals surface area contributed by atoms with Gasteiger partial charge in [0.25, 0.3) is 5.91 Å². The fourth-order valence-electron chi connectivity index (χ4n) is 3.44. The number of benzene rings is 2. The SMILES string of the molecule is CCc1nc2ccccc2c(C)c1C(=O)OCC(=O)N(C)[C@@H](C)c1ccccc1. The second-order valence-corrected chi connectivity index (χ2v) is 7.10. The monoisotopic (exact) mass is 390 g/mol. The Balaban J connectivity index is 1.75. The van der Waals surface area contributed by atoms with E-state index in [2.05, 4.69) is 4.98 Å². The molecule has 1 aromatic heterocycles. The number of likely N-dealkylation sites (N-methyl/N-ethyl adjacent to an activating group) is 1. The van der Waals surface area contributed by atoms with E-state index in [1.165, 1.54) is 0 Å². The maximum absolute atomic E-state index is 12.8. The number of ether oxygens (including phenoxy) is 1. The third-order valence-corrected chi connectivity index (χ3v) is 5.35. The zero-order valence-electron chi connectivity index (χ0n) is 17.3. The van der Waals surface area contributed by atoms with Gasteiger partial charge in [-0.05, 0) is 37.5 Å². The minimum atomic E-state index is -0.508. The number of carbonyl (C=O) groups is 2. The molecule has 0 saturated carbocycles. The summed E-state index contributed by atoms with van der Waals surface area (Å²) in [4.78, 5) is 31.6. The lowest BCUT2D eigenvalue weighted by molar-refractivity contribution is -0.135. The van der Waals surface area contributed by atoms with Gasteiger partial charge in [0.1, 0.15) is 0 Å². The number of aromatic nitrogens is 1. The van der Waals surface area contributed by atoms with Crippen molar-refractivity contribution in [3.63, 3.8) is 0 Å². The molecule has 3 rings (SSSR count). The van der Waals surface area contributed by atoms with Crippen molar-refractivity contribution in [2.75, 3.05) is 13.7 Å². The van der Waals surface area contributed by atoms with Gasteiger partial charge in [0.2, 0.25) is 0 Å². The summed E-state index contributed by atoms with van der Waals surface area (Å²) in [7, 11) is 1.72. The predicted molar refractivity (Wildman–Crippen MR) is 114 cm³/mol. The van der Waals surface area contributed by atoms with E-state index in [0.29, 0.717) is 17.7 Å². The van der Waals surface area contributed by atoms with Crippen molar-refractivity contribution >= 4 is 22.8 Å². The number of pyridine rings is 1. The first kappa shape index (κ1) is 20.5. The zero-order chi connectivity index (χ0) is 21.0. The molecule has 0 aliphatic carbocycles. The molecular weight excluding hydrogens is 364 g/mol. The van der Waals surface area contributed by atoms with Gasteiger partial charge in [-0.1, -0.05) is 55.5 Å². The Morgan fingerprint density at radius 3 is 2.41 bits per heavy atom. The van der Waals surface area contributed by atoms with Crippen LogP contribution < -0.4 is 0 Å². The minimum absolute atomic E-state index is 0.113. The third-order valence-electron chi connectivity index (χ3n) is 5.35. The van der Waals surface area contributed by atoms with Crippen molar-refractivity contribution in [2.45, 2.75) is 33.2 Å². The van der Waals surface area contributed by atoms with Crippen molar-refractivity contribution in [2.24, 2.45) is 0 Å². The highest BCUT2D eigenvalue weighted by atomic mass is 16.5. The number of nitrogens with zero attached hydrogens (tertiary/aromatic N) is 2. The summed E-state index contributed by atoms with van der Waals surface area (Å²) in [6.07, 6.45) is 0.606. The van der Waals surface area contributed by atoms with Crippen molar-refractivity contribution in [3.8, 4) is 0 Å². The Labute approximate surface area is 171 Å². The Bertz CT molecular complexity index is 1030. The van der Waals surface area contributed by atoms with Gasteiger partial charge in [0.05, 0.1) is 22.8 Å². The standard InChI is InChI=1S/C24H26N2O3/c1-5-20-23(16(2)19-13-9-10-14-21(19)25-20)24(28)29-15-22(27)26(4)17(3)18-11-7-6-8-12-18/h6-14,17H,5,15H2,1-4H3/t17-/m0/s1. The van der Waals surface area contributed by atoms with Crippen molar-refractivity contribution in [3.05, 3.63) is 77.0 Å². The lowest BCUT2D eigenvalue weighted by Gasteiger charge is -2.25. The van der Waals surface area contributed by atoms with Crippen LogP contribution in [0.15, 0.2) is 54.6 Å². The average molecular weight is 390 g/mol. The highest BCUT2D eigenvalue weighted by Crippen LogP contribution is 2.24. The molecule has 0 N–H and O–H groups in total. The van der Waals surface area contributed by atoms with Gasteiger partial charge in [-0.25, -0.2) is 4.79 Å². The molecule has 1 amide bonds. The van der Waals surface area contributed by atoms with E-state index in [0.717, 1.165) is 22.0 Å². The van der Waals surface area contributed by atoms with E-state index < -0.39 is 5.97 Å². The van der Waals surface area contributed by atoms with Crippen molar-refractivity contribution in [1.82, 2.24) is 9.88 Å². The summed E-state index contributed by atoms with van der Waals surface area (Å²) in [5, 5.41) is 0.915. The topological polar surface area (TPSA) is 59.5 Å². The zero-order valence-corrected chi connectivity index (χ0v) is 17.3. The molecule has 0 fully saturated rings. The first-order valence-electron chi connectivity index (χ1n) is 9.80. The summed E-state index contributed by atoms with van der Waals surface area (Å²) in [5.41, 5.74) is 3.85. The van der Waals surface area contributed by atoms with Gasteiger partial charge < -0.3 is 9.64 Å². The number of esters is 1. The number of fused-ring (bicyclic) bond motifs is 1. The molecule has 3 aromatic rings. The lowest BCUT2D eigenvalue weighted by atomic mass is 10.0. The molecule has 1 heterocycles. The number of rotatable bonds is 6. The summed E-state index contributed by atoms with van der Waals surface area (Å²) in [6.45, 7) is 5.49. The number of amides is 1. The number of carbonyl (C=O) groups excluding carboxylic acids is 2. The van der Waals surface area contributed by atoms with Gasteiger partial charge in [0.15, 0.2) is 6.61 Å². The maximum Gasteiger partial charge on any atom is 0.340 e. The molecule has 1 atom stereocenters. The molecular formula is C24H26N2O3. The van der Waals surface area contributed by atoms with Crippen LogP contribution in [0.2, 0.25) is 0 Å². The largest absolute Gasteiger partial charge is 0.452 e. The summed E-state index contributed by atoms with van der Waals surface area (Å²) < 4.78 is 5.40. The van der Waals surface area contributed by atoms with E-state index in [9.17, 15) is 9.59 Å². The van der Waals surface area contributed by atoms with Crippen molar-refractivity contribution in [1.29, 1.82) is 0 Å². The molecule has 5 nitrogen and oxygen atoms in total. The summed E-state index contributed by atoms with van der Waals surface area (Å²) in [6, 6.07) is 17.3. The smallest absolute Gasteiger partial charge is 0.340 e. The van der Waals surface area contributed by atoms with Crippen LogP contribution in [0.25, 0.3) is 10.9 Å². The van der Waals surface area contributed by atoms with Crippen LogP contribution in [-0.4, -0.2) is 35.4 Å². The predicted octanol–water partition coefficient (Wildman–Crippen LogP) is 4.48. The molecule has 29 heavy (non-hydrogen) atoms. The van der Waals surface area contributed by atoms with Gasteiger partial charge in [-0.2, -0.15) is 0 Å². The Kier molecular flexibility index (Phi) is 6.27. The van der Waals surface area contributed by atoms with E-state index in [1.54, 1.807) is 11.9 Å². The highest BCUT2D eigenvalue weighted by molar-refractivity contribution is 5.99. The van der Waals surface area contributed by atoms with E-state index in [4.69, 9.17) is 4.74 Å². The first-order chi connectivity index (χ1) is 13.9. The number of aryl methyl sites for hydroxylation is 2. The van der Waals surface area contributed by atoms with Crippen molar-refractivity contribution < 1.29 is 14.3 Å². The van der Waals surface area contributed by atoms with E-state index >= 15 is 0 Å². The second kappa shape index (κ2) is 8.86. The molecule has 150 valence electrons. The van der Waals surface area contributed by atoms with Crippen LogP contribution in [0.1, 0.15) is 47.1 Å². The Morgan fingerprint density at radius 2 is 1.72 bits per heavy atom. The number of hydrogen-bond donors (Lipinski definition) is 0. The van der Waals surface area contributed by atoms with Crippen LogP contribution in [0.4, 0.5) is 0 Å². The van der Waals surface area contributed by atoms with Crippen LogP contribution >= 0.6 is 0 Å². The van der Waals surface area contributed by atoms with E-state index in [-0.39, 0.29) is 18.6 Å². The normalized spacial score (nSPS) is 11.9. The van der Waals surface area contributed by atoms with Crippen LogP contribution in [-0.2, 0) is 16.0 Å². The Morgan fingerprint density at radius 1 is 1.07 bits per heavy atom. The summed E-state index contributed by atoms with van der Waals surface area (Å²) in [5.74, 6) is -0.758. The fraction of sp³-hybridized carbons (Fsp3) is 0.292. The molecule has 5 heteroatoms. The van der Waals surface area contributed by atoms with Crippen LogP contribution in [0, 0.1) is 6.92 Å². The molecule has 2 aromatic carbocycles. The number of para-hydroxylation sites is 1. The van der Waals surface area contributed by atoms with Gasteiger partial charge in [-0.3, -0.25) is 9.78 Å². The van der Waals surface area contributed by atoms with Gasteiger partial charge in [-0.15, -0.1) is 0 Å². The fourth-order valence-corrected chi connectivity index (χ4v) is 3.44. The average Bonchev–Trinajstić information content (AvgIpc) is 2.76. The Hall–Kier alpha value is -3.21. The highest BCUT2D eigenvalue weighted by Gasteiger charge is 2.22. The van der Waals surface area contributed by atoms with E-state index in [1.807, 2.05) is 75.4 Å².